The number of nitrogen functional groups attached to an aromatic ring is 1. The lowest BCUT2D eigenvalue weighted by molar-refractivity contribution is -0.00561. The summed E-state index contributed by atoms with van der Waals surface area (Å²) < 4.78 is 11.2. The van der Waals surface area contributed by atoms with E-state index in [2.05, 4.69) is 13.8 Å². The molecule has 0 amide bonds. The van der Waals surface area contributed by atoms with Crippen molar-refractivity contribution in [2.75, 3.05) is 12.8 Å². The molecule has 3 nitrogen and oxygen atoms in total. The van der Waals surface area contributed by atoms with Crippen molar-refractivity contribution in [3.05, 3.63) is 23.8 Å². The minimum atomic E-state index is 0.389. The number of ether oxygens (including phenoxy) is 2. The van der Waals surface area contributed by atoms with Gasteiger partial charge in [0, 0.05) is 11.8 Å². The quantitative estimate of drug-likeness (QED) is 0.841. The zero-order valence-corrected chi connectivity index (χ0v) is 12.2. The first-order valence-electron chi connectivity index (χ1n) is 7.03. The van der Waals surface area contributed by atoms with Crippen molar-refractivity contribution in [3.8, 4) is 5.75 Å². The van der Waals surface area contributed by atoms with Crippen molar-refractivity contribution >= 4 is 5.69 Å². The third-order valence-corrected chi connectivity index (χ3v) is 4.00. The Kier molecular flexibility index (Phi) is 4.35. The molecule has 0 aromatic heterocycles. The van der Waals surface area contributed by atoms with Gasteiger partial charge in [0.25, 0.3) is 0 Å². The minimum Gasteiger partial charge on any atom is -0.497 e. The highest BCUT2D eigenvalue weighted by Gasteiger charge is 2.27. The Bertz CT molecular complexity index is 419. The monoisotopic (exact) mass is 263 g/mol. The molecule has 0 spiro atoms. The average Bonchev–Trinajstić information content (AvgIpc) is 2.37. The van der Waals surface area contributed by atoms with Crippen LogP contribution in [0.1, 0.15) is 45.1 Å². The minimum absolute atomic E-state index is 0.389. The van der Waals surface area contributed by atoms with Crippen LogP contribution in [0.25, 0.3) is 0 Å². The smallest absolute Gasteiger partial charge is 0.121 e. The second-order valence-corrected chi connectivity index (χ2v) is 6.29. The molecule has 106 valence electrons. The van der Waals surface area contributed by atoms with Gasteiger partial charge in [0.1, 0.15) is 5.75 Å². The molecule has 0 aliphatic heterocycles. The molecule has 1 aliphatic rings. The maximum Gasteiger partial charge on any atom is 0.121 e. The molecule has 1 aromatic carbocycles. The molecule has 1 aliphatic carbocycles. The van der Waals surface area contributed by atoms with E-state index in [9.17, 15) is 0 Å². The van der Waals surface area contributed by atoms with Crippen LogP contribution in [0.15, 0.2) is 18.2 Å². The molecule has 1 saturated carbocycles. The van der Waals surface area contributed by atoms with E-state index in [1.165, 1.54) is 12.8 Å². The van der Waals surface area contributed by atoms with Crippen LogP contribution in [0.4, 0.5) is 5.69 Å². The number of anilines is 1. The summed E-state index contributed by atoms with van der Waals surface area (Å²) in [6.45, 7) is 5.30. The molecule has 19 heavy (non-hydrogen) atoms. The molecule has 0 atom stereocenters. The first kappa shape index (κ1) is 14.2. The van der Waals surface area contributed by atoms with Gasteiger partial charge in [0.2, 0.25) is 0 Å². The van der Waals surface area contributed by atoms with Crippen molar-refractivity contribution in [1.29, 1.82) is 0 Å². The maximum atomic E-state index is 6.01. The zero-order valence-electron chi connectivity index (χ0n) is 12.2. The summed E-state index contributed by atoms with van der Waals surface area (Å²) in [5.74, 6) is 0.795. The van der Waals surface area contributed by atoms with Gasteiger partial charge >= 0.3 is 0 Å². The van der Waals surface area contributed by atoms with E-state index < -0.39 is 0 Å². The Morgan fingerprint density at radius 3 is 2.53 bits per heavy atom. The van der Waals surface area contributed by atoms with Crippen LogP contribution >= 0.6 is 0 Å². The SMILES string of the molecule is COc1cc(N)cc(COC2CCC(C)(C)CC2)c1. The highest BCUT2D eigenvalue weighted by Crippen LogP contribution is 2.36. The van der Waals surface area contributed by atoms with Gasteiger partial charge in [-0.25, -0.2) is 0 Å². The lowest BCUT2D eigenvalue weighted by Gasteiger charge is -2.34. The largest absolute Gasteiger partial charge is 0.497 e. The van der Waals surface area contributed by atoms with Crippen molar-refractivity contribution < 1.29 is 9.47 Å². The number of nitrogens with two attached hydrogens (primary N) is 1. The summed E-state index contributed by atoms with van der Waals surface area (Å²) in [5.41, 5.74) is 8.14. The number of hydrogen-bond acceptors (Lipinski definition) is 3. The van der Waals surface area contributed by atoms with Crippen molar-refractivity contribution in [2.24, 2.45) is 5.41 Å². The van der Waals surface area contributed by atoms with Crippen LogP contribution in [-0.2, 0) is 11.3 Å². The lowest BCUT2D eigenvalue weighted by Crippen LogP contribution is -2.26. The van der Waals surface area contributed by atoms with Crippen molar-refractivity contribution in [2.45, 2.75) is 52.2 Å². The molecule has 2 N–H and O–H groups in total. The third-order valence-electron chi connectivity index (χ3n) is 4.00. The third kappa shape index (κ3) is 4.13. The molecule has 1 aromatic rings. The van der Waals surface area contributed by atoms with Crippen LogP contribution in [0.5, 0.6) is 5.75 Å². The van der Waals surface area contributed by atoms with Crippen LogP contribution in [0.3, 0.4) is 0 Å². The number of benzene rings is 1. The van der Waals surface area contributed by atoms with Crippen LogP contribution in [-0.4, -0.2) is 13.2 Å². The van der Waals surface area contributed by atoms with Gasteiger partial charge in [0.15, 0.2) is 0 Å². The highest BCUT2D eigenvalue weighted by molar-refractivity contribution is 5.47. The predicted molar refractivity (Wildman–Crippen MR) is 78.2 cm³/mol. The Hall–Kier alpha value is -1.22. The topological polar surface area (TPSA) is 44.5 Å². The fourth-order valence-electron chi connectivity index (χ4n) is 2.64. The van der Waals surface area contributed by atoms with Gasteiger partial charge in [0.05, 0.1) is 19.8 Å². The first-order chi connectivity index (χ1) is 8.98. The van der Waals surface area contributed by atoms with E-state index >= 15 is 0 Å². The van der Waals surface area contributed by atoms with E-state index in [0.29, 0.717) is 18.1 Å². The summed E-state index contributed by atoms with van der Waals surface area (Å²) in [5, 5.41) is 0. The molecule has 2 rings (SSSR count). The fraction of sp³-hybridized carbons (Fsp3) is 0.625. The Labute approximate surface area is 116 Å². The van der Waals surface area contributed by atoms with E-state index in [-0.39, 0.29) is 0 Å². The van der Waals surface area contributed by atoms with Gasteiger partial charge in [-0.2, -0.15) is 0 Å². The molecule has 0 saturated heterocycles. The summed E-state index contributed by atoms with van der Waals surface area (Å²) in [6, 6.07) is 5.77. The first-order valence-corrected chi connectivity index (χ1v) is 7.03. The normalized spacial score (nSPS) is 19.3. The van der Waals surface area contributed by atoms with Gasteiger partial charge in [-0.3, -0.25) is 0 Å². The van der Waals surface area contributed by atoms with E-state index in [1.54, 1.807) is 7.11 Å². The fourth-order valence-corrected chi connectivity index (χ4v) is 2.64. The van der Waals surface area contributed by atoms with Gasteiger partial charge < -0.3 is 15.2 Å². The molecular weight excluding hydrogens is 238 g/mol. The van der Waals surface area contributed by atoms with Gasteiger partial charge in [-0.05, 0) is 48.8 Å². The summed E-state index contributed by atoms with van der Waals surface area (Å²) in [7, 11) is 1.66. The second kappa shape index (κ2) is 5.83. The van der Waals surface area contributed by atoms with E-state index in [0.717, 1.165) is 29.8 Å². The number of rotatable bonds is 4. The molecule has 0 heterocycles. The highest BCUT2D eigenvalue weighted by atomic mass is 16.5. The molecular formula is C16H25NO2. The van der Waals surface area contributed by atoms with E-state index in [1.807, 2.05) is 18.2 Å². The van der Waals surface area contributed by atoms with Crippen molar-refractivity contribution in [1.82, 2.24) is 0 Å². The molecule has 0 unspecified atom stereocenters. The van der Waals surface area contributed by atoms with Gasteiger partial charge in [-0.1, -0.05) is 13.8 Å². The number of hydrogen-bond donors (Lipinski definition) is 1. The van der Waals surface area contributed by atoms with Crippen LogP contribution in [0, 0.1) is 5.41 Å². The summed E-state index contributed by atoms with van der Waals surface area (Å²) in [4.78, 5) is 0. The summed E-state index contributed by atoms with van der Waals surface area (Å²) in [6.07, 6.45) is 5.20. The molecule has 1 fully saturated rings. The predicted octanol–water partition coefficient (Wildman–Crippen LogP) is 3.76. The lowest BCUT2D eigenvalue weighted by atomic mass is 9.76. The molecule has 3 heteroatoms. The molecule has 0 radical (unpaired) electrons. The Morgan fingerprint density at radius 2 is 1.89 bits per heavy atom. The Morgan fingerprint density at radius 1 is 1.21 bits per heavy atom. The summed E-state index contributed by atoms with van der Waals surface area (Å²) >= 11 is 0. The number of methoxy groups -OCH3 is 1. The van der Waals surface area contributed by atoms with Crippen LogP contribution in [0.2, 0.25) is 0 Å². The average molecular weight is 263 g/mol. The molecule has 0 bridgehead atoms. The standard InChI is InChI=1S/C16H25NO2/c1-16(2)6-4-14(5-7-16)19-11-12-8-13(17)10-15(9-12)18-3/h8-10,14H,4-7,11,17H2,1-3H3. The van der Waals surface area contributed by atoms with Crippen molar-refractivity contribution in [3.63, 3.8) is 0 Å². The van der Waals surface area contributed by atoms with Gasteiger partial charge in [-0.15, -0.1) is 0 Å². The second-order valence-electron chi connectivity index (χ2n) is 6.29. The zero-order chi connectivity index (χ0) is 13.9. The maximum absolute atomic E-state index is 6.01. The van der Waals surface area contributed by atoms with Crippen LogP contribution < -0.4 is 10.5 Å². The Balaban J connectivity index is 1.87. The van der Waals surface area contributed by atoms with E-state index in [4.69, 9.17) is 15.2 Å².